The van der Waals surface area contributed by atoms with Crippen molar-refractivity contribution in [1.82, 2.24) is 9.78 Å². The Kier molecular flexibility index (Phi) is 3.54. The third-order valence-corrected chi connectivity index (χ3v) is 2.70. The van der Waals surface area contributed by atoms with E-state index in [4.69, 9.17) is 17.3 Å². The van der Waals surface area contributed by atoms with Gasteiger partial charge in [0.25, 0.3) is 0 Å². The second kappa shape index (κ2) is 4.25. The zero-order chi connectivity index (χ0) is 12.7. The van der Waals surface area contributed by atoms with Crippen LogP contribution in [0.2, 0.25) is 5.15 Å². The number of hydrogen-bond acceptors (Lipinski definition) is 2. The molecule has 16 heavy (non-hydrogen) atoms. The van der Waals surface area contributed by atoms with Crippen LogP contribution in [0.4, 0.5) is 13.2 Å². The first kappa shape index (κ1) is 13.3. The molecule has 1 rings (SSSR count). The number of aromatic nitrogens is 2. The average Bonchev–Trinajstić information content (AvgIpc) is 2.41. The molecule has 0 saturated heterocycles. The summed E-state index contributed by atoms with van der Waals surface area (Å²) in [6.45, 7) is 3.48. The Morgan fingerprint density at radius 2 is 1.88 bits per heavy atom. The lowest BCUT2D eigenvalue weighted by Crippen LogP contribution is -2.29. The van der Waals surface area contributed by atoms with Crippen LogP contribution >= 0.6 is 11.6 Å². The summed E-state index contributed by atoms with van der Waals surface area (Å²) in [5.74, 6) is -0.165. The molecular weight excluding hydrogens is 243 g/mol. The standard InChI is InChI=1S/C9H13ClF3N3/c1-4(2)6-5(7(14)9(11,12)13)8(10)16(3)15-6/h4,7H,14H2,1-3H3. The van der Waals surface area contributed by atoms with Crippen LogP contribution in [0.25, 0.3) is 0 Å². The van der Waals surface area contributed by atoms with Crippen molar-refractivity contribution in [3.63, 3.8) is 0 Å². The normalized spacial score (nSPS) is 14.6. The highest BCUT2D eigenvalue weighted by Crippen LogP contribution is 2.37. The van der Waals surface area contributed by atoms with Gasteiger partial charge in [0.2, 0.25) is 0 Å². The third-order valence-electron chi connectivity index (χ3n) is 2.25. The van der Waals surface area contributed by atoms with Gasteiger partial charge in [0, 0.05) is 12.6 Å². The lowest BCUT2D eigenvalue weighted by atomic mass is 10.0. The summed E-state index contributed by atoms with van der Waals surface area (Å²) in [4.78, 5) is 0. The molecule has 3 nitrogen and oxygen atoms in total. The molecule has 1 atom stereocenters. The van der Waals surface area contributed by atoms with Crippen LogP contribution in [0.15, 0.2) is 0 Å². The van der Waals surface area contributed by atoms with E-state index in [1.807, 2.05) is 0 Å². The molecule has 0 fully saturated rings. The van der Waals surface area contributed by atoms with E-state index < -0.39 is 12.2 Å². The SMILES string of the molecule is CC(C)c1nn(C)c(Cl)c1C(N)C(F)(F)F. The summed E-state index contributed by atoms with van der Waals surface area (Å²) in [6, 6.07) is -2.09. The van der Waals surface area contributed by atoms with E-state index in [1.165, 1.54) is 11.7 Å². The first-order valence-corrected chi connectivity index (χ1v) is 5.08. The molecule has 0 aromatic carbocycles. The fourth-order valence-corrected chi connectivity index (χ4v) is 1.67. The van der Waals surface area contributed by atoms with E-state index in [2.05, 4.69) is 5.10 Å². The van der Waals surface area contributed by atoms with Gasteiger partial charge in [-0.25, -0.2) is 0 Å². The summed E-state index contributed by atoms with van der Waals surface area (Å²) in [5.41, 5.74) is 5.32. The Balaban J connectivity index is 3.31. The van der Waals surface area contributed by atoms with E-state index in [1.54, 1.807) is 13.8 Å². The maximum atomic E-state index is 12.5. The highest BCUT2D eigenvalue weighted by atomic mass is 35.5. The fraction of sp³-hybridized carbons (Fsp3) is 0.667. The molecule has 0 aliphatic carbocycles. The molecule has 1 unspecified atom stereocenters. The number of nitrogens with zero attached hydrogens (tertiary/aromatic N) is 2. The van der Waals surface area contributed by atoms with Crippen LogP contribution in [-0.2, 0) is 7.05 Å². The molecule has 1 aromatic heterocycles. The third kappa shape index (κ3) is 2.32. The van der Waals surface area contributed by atoms with Crippen LogP contribution in [0.3, 0.4) is 0 Å². The predicted octanol–water partition coefficient (Wildman–Crippen LogP) is 2.76. The number of aryl methyl sites for hydroxylation is 1. The van der Waals surface area contributed by atoms with Crippen molar-refractivity contribution in [2.45, 2.75) is 32.0 Å². The molecule has 1 heterocycles. The molecule has 0 bridgehead atoms. The lowest BCUT2D eigenvalue weighted by Gasteiger charge is -2.17. The maximum Gasteiger partial charge on any atom is 0.407 e. The van der Waals surface area contributed by atoms with Gasteiger partial charge in [-0.2, -0.15) is 18.3 Å². The maximum absolute atomic E-state index is 12.5. The molecule has 0 aliphatic rings. The first-order chi connectivity index (χ1) is 7.16. The molecule has 0 radical (unpaired) electrons. The summed E-state index contributed by atoms with van der Waals surface area (Å²) in [5, 5.41) is 3.89. The van der Waals surface area contributed by atoms with Gasteiger partial charge in [0.15, 0.2) is 0 Å². The molecule has 92 valence electrons. The van der Waals surface area contributed by atoms with Crippen LogP contribution in [0.5, 0.6) is 0 Å². The second-order valence-corrected chi connectivity index (χ2v) is 4.25. The quantitative estimate of drug-likeness (QED) is 0.883. The Morgan fingerprint density at radius 1 is 1.38 bits per heavy atom. The Hall–Kier alpha value is -0.750. The largest absolute Gasteiger partial charge is 0.407 e. The highest BCUT2D eigenvalue weighted by molar-refractivity contribution is 6.30. The molecule has 7 heteroatoms. The molecule has 0 aliphatic heterocycles. The Morgan fingerprint density at radius 3 is 2.25 bits per heavy atom. The van der Waals surface area contributed by atoms with Gasteiger partial charge in [0.1, 0.15) is 11.2 Å². The molecule has 1 aromatic rings. The molecular formula is C9H13ClF3N3. The number of hydrogen-bond donors (Lipinski definition) is 1. The minimum absolute atomic E-state index is 0.0616. The second-order valence-electron chi connectivity index (χ2n) is 3.89. The van der Waals surface area contributed by atoms with Gasteiger partial charge in [0.05, 0.1) is 5.69 Å². The minimum Gasteiger partial charge on any atom is -0.316 e. The summed E-state index contributed by atoms with van der Waals surface area (Å²) >= 11 is 5.78. The summed E-state index contributed by atoms with van der Waals surface area (Å²) in [7, 11) is 1.49. The first-order valence-electron chi connectivity index (χ1n) is 4.70. The van der Waals surface area contributed by atoms with Crippen molar-refractivity contribution in [2.75, 3.05) is 0 Å². The van der Waals surface area contributed by atoms with Gasteiger partial charge in [-0.15, -0.1) is 0 Å². The lowest BCUT2D eigenvalue weighted by molar-refractivity contribution is -0.149. The van der Waals surface area contributed by atoms with E-state index in [-0.39, 0.29) is 22.3 Å². The van der Waals surface area contributed by atoms with Crippen LogP contribution in [-0.4, -0.2) is 16.0 Å². The van der Waals surface area contributed by atoms with Gasteiger partial charge in [-0.05, 0) is 5.92 Å². The molecule has 0 saturated carbocycles. The monoisotopic (exact) mass is 255 g/mol. The smallest absolute Gasteiger partial charge is 0.316 e. The van der Waals surface area contributed by atoms with Gasteiger partial charge in [-0.1, -0.05) is 25.4 Å². The summed E-state index contributed by atoms with van der Waals surface area (Å²) in [6.07, 6.45) is -4.52. The van der Waals surface area contributed by atoms with Crippen molar-refractivity contribution in [1.29, 1.82) is 0 Å². The topological polar surface area (TPSA) is 43.8 Å². The van der Waals surface area contributed by atoms with Gasteiger partial charge in [-0.3, -0.25) is 4.68 Å². The Labute approximate surface area is 96.4 Å². The highest BCUT2D eigenvalue weighted by Gasteiger charge is 2.42. The Bertz CT molecular complexity index is 384. The van der Waals surface area contributed by atoms with Crippen LogP contribution in [0.1, 0.15) is 37.1 Å². The molecule has 2 N–H and O–H groups in total. The number of halogens is 4. The van der Waals surface area contributed by atoms with Crippen LogP contribution < -0.4 is 5.73 Å². The van der Waals surface area contributed by atoms with Gasteiger partial charge < -0.3 is 5.73 Å². The van der Waals surface area contributed by atoms with E-state index in [9.17, 15) is 13.2 Å². The van der Waals surface area contributed by atoms with Crippen LogP contribution in [0, 0.1) is 0 Å². The van der Waals surface area contributed by atoms with Crippen molar-refractivity contribution in [2.24, 2.45) is 12.8 Å². The minimum atomic E-state index is -4.52. The number of nitrogens with two attached hydrogens (primary N) is 1. The molecule has 0 amide bonds. The van der Waals surface area contributed by atoms with Crippen molar-refractivity contribution in [3.8, 4) is 0 Å². The zero-order valence-corrected chi connectivity index (χ0v) is 9.89. The van der Waals surface area contributed by atoms with E-state index >= 15 is 0 Å². The molecule has 0 spiro atoms. The fourth-order valence-electron chi connectivity index (χ4n) is 1.42. The number of alkyl halides is 3. The van der Waals surface area contributed by atoms with E-state index in [0.717, 1.165) is 0 Å². The van der Waals surface area contributed by atoms with E-state index in [0.29, 0.717) is 0 Å². The number of rotatable bonds is 2. The average molecular weight is 256 g/mol. The predicted molar refractivity (Wildman–Crippen MR) is 55.3 cm³/mol. The van der Waals surface area contributed by atoms with Gasteiger partial charge >= 0.3 is 6.18 Å². The van der Waals surface area contributed by atoms with Crippen molar-refractivity contribution in [3.05, 3.63) is 16.4 Å². The van der Waals surface area contributed by atoms with Crippen molar-refractivity contribution < 1.29 is 13.2 Å². The summed E-state index contributed by atoms with van der Waals surface area (Å²) < 4.78 is 38.8. The van der Waals surface area contributed by atoms with Crippen molar-refractivity contribution >= 4 is 11.6 Å². The zero-order valence-electron chi connectivity index (χ0n) is 9.14.